The quantitative estimate of drug-likeness (QED) is 0.0814. The number of amides is 1. The lowest BCUT2D eigenvalue weighted by molar-refractivity contribution is -0.144. The van der Waals surface area contributed by atoms with Crippen LogP contribution in [0.4, 0.5) is 5.69 Å². The third-order valence-corrected chi connectivity index (χ3v) is 13.0. The highest BCUT2D eigenvalue weighted by Gasteiger charge is 2.54. The number of carboxylic acids is 2. The molecule has 11 heteroatoms. The molecule has 306 valence electrons. The van der Waals surface area contributed by atoms with E-state index >= 15 is 0 Å². The molecule has 1 spiro atoms. The minimum Gasteiger partial charge on any atom is -0.494 e. The van der Waals surface area contributed by atoms with Crippen molar-refractivity contribution < 1.29 is 34.1 Å². The molecular weight excluding hydrogens is 754 g/mol. The van der Waals surface area contributed by atoms with Crippen molar-refractivity contribution in [3.63, 3.8) is 0 Å². The van der Waals surface area contributed by atoms with Gasteiger partial charge in [0.15, 0.2) is 6.04 Å². The van der Waals surface area contributed by atoms with Crippen LogP contribution in [0.3, 0.4) is 0 Å². The second-order valence-electron chi connectivity index (χ2n) is 16.7. The van der Waals surface area contributed by atoms with Gasteiger partial charge in [0.05, 0.1) is 13.2 Å². The van der Waals surface area contributed by atoms with Crippen molar-refractivity contribution in [2.45, 2.75) is 107 Å². The number of pyridine rings is 1. The smallest absolute Gasteiger partial charge is 0.330 e. The highest BCUT2D eigenvalue weighted by Crippen LogP contribution is 2.57. The monoisotopic (exact) mass is 807 g/mol. The van der Waals surface area contributed by atoms with Gasteiger partial charge in [-0.05, 0) is 140 Å². The van der Waals surface area contributed by atoms with Crippen molar-refractivity contribution in [1.82, 2.24) is 10.3 Å². The number of nitrogens with zero attached hydrogens (tertiary/aromatic N) is 1. The summed E-state index contributed by atoms with van der Waals surface area (Å²) in [6.45, 7) is 5.38. The lowest BCUT2D eigenvalue weighted by Crippen LogP contribution is -2.53. The standard InChI is InChI=1S/C47H54ClN3O7/c1-30(29-58-40-18-23-49-39-14-6-9-31(2)42(39)40)25-34-26-33-16-17-37(57-24-8-15-41(52)50-43(44(53)54)32-10-4-3-5-11-32)28-38(33)46(34)19-21-47(22-20-46,45(55)56)51-36-13-7-12-35(48)27-36/h3-5,7,10-13,16-18,23,27-28,30-31,34,43,51H,6,8-9,14-15,19-22,24-26,29H2,1-2H3,(H,50,52)(H,53,54)(H,55,56)/t30-,31-,34?,43-,46?,47?/m1/s1. The van der Waals surface area contributed by atoms with Gasteiger partial charge in [0, 0.05) is 34.6 Å². The SMILES string of the molecule is C[C@@H](COc1ccnc2c1[C@H](C)CCC2)CC1Cc2ccc(OCCCC(=O)N[C@@H](C(=O)O)c3ccccc3)cc2C12CCC(Nc1cccc(Cl)c1)(C(=O)O)CC2. The van der Waals surface area contributed by atoms with Crippen LogP contribution in [0.2, 0.25) is 5.02 Å². The van der Waals surface area contributed by atoms with E-state index in [0.29, 0.717) is 66.7 Å². The summed E-state index contributed by atoms with van der Waals surface area (Å²) >= 11 is 6.29. The molecule has 0 saturated heterocycles. The first kappa shape index (κ1) is 41.1. The number of halogens is 1. The summed E-state index contributed by atoms with van der Waals surface area (Å²) in [6, 6.07) is 23.0. The number of hydrogen-bond acceptors (Lipinski definition) is 7. The largest absolute Gasteiger partial charge is 0.494 e. The van der Waals surface area contributed by atoms with Crippen LogP contribution >= 0.6 is 11.6 Å². The van der Waals surface area contributed by atoms with Crippen molar-refractivity contribution in [2.75, 3.05) is 18.5 Å². The van der Waals surface area contributed by atoms with Crippen LogP contribution in [0.25, 0.3) is 0 Å². The lowest BCUT2D eigenvalue weighted by atomic mass is 9.59. The zero-order valence-electron chi connectivity index (χ0n) is 33.3. The zero-order chi connectivity index (χ0) is 40.9. The number of hydrogen-bond donors (Lipinski definition) is 4. The van der Waals surface area contributed by atoms with Crippen LogP contribution in [0, 0.1) is 11.8 Å². The van der Waals surface area contributed by atoms with Crippen LogP contribution in [-0.2, 0) is 32.6 Å². The van der Waals surface area contributed by atoms with Gasteiger partial charge >= 0.3 is 11.9 Å². The number of aromatic nitrogens is 1. The predicted molar refractivity (Wildman–Crippen MR) is 224 cm³/mol. The fourth-order valence-corrected chi connectivity index (χ4v) is 9.95. The van der Waals surface area contributed by atoms with E-state index in [1.165, 1.54) is 16.7 Å². The molecule has 10 nitrogen and oxygen atoms in total. The van der Waals surface area contributed by atoms with Crippen molar-refractivity contribution in [2.24, 2.45) is 11.8 Å². The van der Waals surface area contributed by atoms with Gasteiger partial charge in [-0.25, -0.2) is 9.59 Å². The van der Waals surface area contributed by atoms with Crippen molar-refractivity contribution in [1.29, 1.82) is 0 Å². The second-order valence-corrected chi connectivity index (χ2v) is 17.2. The Labute approximate surface area is 345 Å². The molecule has 3 aliphatic carbocycles. The van der Waals surface area contributed by atoms with Crippen molar-refractivity contribution >= 4 is 35.1 Å². The minimum atomic E-state index is -1.13. The van der Waals surface area contributed by atoms with Gasteiger partial charge in [-0.1, -0.05) is 67.9 Å². The number of benzene rings is 3. The van der Waals surface area contributed by atoms with Crippen molar-refractivity contribution in [3.05, 3.63) is 118 Å². The summed E-state index contributed by atoms with van der Waals surface area (Å²) in [6.07, 6.45) is 9.72. The molecule has 4 atom stereocenters. The molecule has 4 N–H and O–H groups in total. The number of nitrogens with one attached hydrogen (secondary N) is 2. The first-order chi connectivity index (χ1) is 28.0. The number of carboxylic acid groups (broad SMARTS) is 2. The summed E-state index contributed by atoms with van der Waals surface area (Å²) in [5, 5.41) is 26.9. The first-order valence-corrected chi connectivity index (χ1v) is 21.1. The molecule has 1 heterocycles. The van der Waals surface area contributed by atoms with E-state index in [0.717, 1.165) is 43.5 Å². The first-order valence-electron chi connectivity index (χ1n) is 20.7. The third-order valence-electron chi connectivity index (χ3n) is 12.8. The molecule has 0 radical (unpaired) electrons. The normalized spacial score (nSPS) is 23.2. The van der Waals surface area contributed by atoms with E-state index < -0.39 is 23.5 Å². The summed E-state index contributed by atoms with van der Waals surface area (Å²) < 4.78 is 12.8. The van der Waals surface area contributed by atoms with E-state index in [1.807, 2.05) is 30.5 Å². The molecule has 1 aromatic heterocycles. The molecule has 1 fully saturated rings. The van der Waals surface area contributed by atoms with Crippen LogP contribution in [0.15, 0.2) is 85.1 Å². The Morgan fingerprint density at radius 2 is 1.76 bits per heavy atom. The molecule has 1 amide bonds. The average molecular weight is 808 g/mol. The number of fused-ring (bicyclic) bond motifs is 3. The Morgan fingerprint density at radius 3 is 2.50 bits per heavy atom. The van der Waals surface area contributed by atoms with Crippen LogP contribution in [-0.4, -0.2) is 51.8 Å². The van der Waals surface area contributed by atoms with Gasteiger partial charge in [-0.3, -0.25) is 9.78 Å². The highest BCUT2D eigenvalue weighted by atomic mass is 35.5. The van der Waals surface area contributed by atoms with E-state index in [1.54, 1.807) is 42.5 Å². The lowest BCUT2D eigenvalue weighted by Gasteiger charge is -2.47. The Hall–Kier alpha value is -5.09. The number of aryl methyl sites for hydroxylation is 1. The number of aliphatic carboxylic acids is 2. The Kier molecular flexibility index (Phi) is 12.6. The van der Waals surface area contributed by atoms with Crippen LogP contribution in [0.5, 0.6) is 11.5 Å². The maximum absolute atomic E-state index is 13.0. The van der Waals surface area contributed by atoms with Gasteiger partial charge in [0.25, 0.3) is 0 Å². The molecule has 3 aromatic carbocycles. The fraction of sp³-hybridized carbons (Fsp3) is 0.447. The Balaban J connectivity index is 1.05. The molecule has 1 saturated carbocycles. The summed E-state index contributed by atoms with van der Waals surface area (Å²) in [5.41, 5.74) is 4.68. The minimum absolute atomic E-state index is 0.117. The summed E-state index contributed by atoms with van der Waals surface area (Å²) in [5.74, 6) is 0.248. The van der Waals surface area contributed by atoms with Gasteiger partial charge in [-0.2, -0.15) is 0 Å². The van der Waals surface area contributed by atoms with Crippen LogP contribution < -0.4 is 20.1 Å². The molecular formula is C47H54ClN3O7. The molecule has 0 aliphatic heterocycles. The van der Waals surface area contributed by atoms with Crippen molar-refractivity contribution in [3.8, 4) is 11.5 Å². The maximum Gasteiger partial charge on any atom is 0.330 e. The maximum atomic E-state index is 13.0. The Morgan fingerprint density at radius 1 is 0.966 bits per heavy atom. The highest BCUT2D eigenvalue weighted by molar-refractivity contribution is 6.30. The van der Waals surface area contributed by atoms with Gasteiger partial charge in [0.2, 0.25) is 5.91 Å². The third kappa shape index (κ3) is 8.97. The van der Waals surface area contributed by atoms with E-state index in [-0.39, 0.29) is 36.2 Å². The molecule has 58 heavy (non-hydrogen) atoms. The molecule has 3 aliphatic rings. The number of ether oxygens (including phenoxy) is 2. The van der Waals surface area contributed by atoms with E-state index in [4.69, 9.17) is 21.1 Å². The second kappa shape index (κ2) is 17.8. The van der Waals surface area contributed by atoms with E-state index in [2.05, 4.69) is 41.6 Å². The van der Waals surface area contributed by atoms with Gasteiger partial charge in [0.1, 0.15) is 17.0 Å². The molecule has 0 bridgehead atoms. The fourth-order valence-electron chi connectivity index (χ4n) is 9.76. The number of rotatable bonds is 16. The summed E-state index contributed by atoms with van der Waals surface area (Å²) in [7, 11) is 0. The van der Waals surface area contributed by atoms with Gasteiger partial charge < -0.3 is 30.3 Å². The number of carbonyl (C=O) groups excluding carboxylic acids is 1. The summed E-state index contributed by atoms with van der Waals surface area (Å²) in [4.78, 5) is 42.3. The molecule has 1 unspecified atom stereocenters. The molecule has 4 aromatic rings. The zero-order valence-corrected chi connectivity index (χ0v) is 34.1. The van der Waals surface area contributed by atoms with Crippen LogP contribution in [0.1, 0.15) is 112 Å². The Bertz CT molecular complexity index is 2100. The molecule has 7 rings (SSSR count). The number of anilines is 1. The van der Waals surface area contributed by atoms with Gasteiger partial charge in [-0.15, -0.1) is 0 Å². The predicted octanol–water partition coefficient (Wildman–Crippen LogP) is 9.30. The average Bonchev–Trinajstić information content (AvgIpc) is 3.49. The number of carbonyl (C=O) groups is 3. The topological polar surface area (TPSA) is 147 Å². The van der Waals surface area contributed by atoms with E-state index in [9.17, 15) is 24.6 Å².